The van der Waals surface area contributed by atoms with Crippen molar-refractivity contribution >= 4 is 22.6 Å². The van der Waals surface area contributed by atoms with Gasteiger partial charge in [-0.3, -0.25) is 9.89 Å². The SMILES string of the molecule is Cn1c(-c2ccc(NC(=O)c3cn[nH]c3-c3ccccc3)cc2)nc2ccccc21. The van der Waals surface area contributed by atoms with Crippen molar-refractivity contribution in [2.24, 2.45) is 7.05 Å². The number of amides is 1. The highest BCUT2D eigenvalue weighted by molar-refractivity contribution is 6.08. The molecule has 5 rings (SSSR count). The maximum atomic E-state index is 12.8. The molecule has 0 atom stereocenters. The van der Waals surface area contributed by atoms with Gasteiger partial charge < -0.3 is 9.88 Å². The number of hydrogen-bond donors (Lipinski definition) is 2. The van der Waals surface area contributed by atoms with Gasteiger partial charge in [-0.1, -0.05) is 42.5 Å². The number of aromatic nitrogens is 4. The third-order valence-electron chi connectivity index (χ3n) is 5.13. The highest BCUT2D eigenvalue weighted by Gasteiger charge is 2.16. The minimum atomic E-state index is -0.210. The van der Waals surface area contributed by atoms with Crippen molar-refractivity contribution in [3.63, 3.8) is 0 Å². The van der Waals surface area contributed by atoms with Crippen LogP contribution < -0.4 is 5.32 Å². The van der Waals surface area contributed by atoms with Crippen LogP contribution >= 0.6 is 0 Å². The number of rotatable bonds is 4. The first-order valence-corrected chi connectivity index (χ1v) is 9.63. The van der Waals surface area contributed by atoms with Gasteiger partial charge in [0.05, 0.1) is 28.5 Å². The highest BCUT2D eigenvalue weighted by Crippen LogP contribution is 2.26. The van der Waals surface area contributed by atoms with Gasteiger partial charge in [0.2, 0.25) is 0 Å². The summed E-state index contributed by atoms with van der Waals surface area (Å²) in [6, 6.07) is 25.4. The molecule has 0 spiro atoms. The van der Waals surface area contributed by atoms with Gasteiger partial charge in [-0.2, -0.15) is 5.10 Å². The molecule has 5 aromatic rings. The van der Waals surface area contributed by atoms with E-state index in [1.807, 2.05) is 79.8 Å². The lowest BCUT2D eigenvalue weighted by Crippen LogP contribution is -2.12. The fourth-order valence-electron chi connectivity index (χ4n) is 3.59. The van der Waals surface area contributed by atoms with Crippen molar-refractivity contribution in [2.75, 3.05) is 5.32 Å². The number of aryl methyl sites for hydroxylation is 1. The number of carbonyl (C=O) groups excluding carboxylic acids is 1. The van der Waals surface area contributed by atoms with Gasteiger partial charge in [0.15, 0.2) is 0 Å². The number of hydrogen-bond acceptors (Lipinski definition) is 3. The molecule has 0 saturated carbocycles. The summed E-state index contributed by atoms with van der Waals surface area (Å²) in [6.45, 7) is 0. The number of H-pyrrole nitrogens is 1. The Kier molecular flexibility index (Phi) is 4.37. The molecule has 6 heteroatoms. The first-order chi connectivity index (χ1) is 14.7. The van der Waals surface area contributed by atoms with Crippen LogP contribution in [0.15, 0.2) is 85.1 Å². The van der Waals surface area contributed by atoms with E-state index in [1.165, 1.54) is 0 Å². The molecule has 0 fully saturated rings. The van der Waals surface area contributed by atoms with Crippen LogP contribution in [0.5, 0.6) is 0 Å². The van der Waals surface area contributed by atoms with Crippen molar-refractivity contribution in [3.05, 3.63) is 90.6 Å². The monoisotopic (exact) mass is 393 g/mol. The molecule has 0 aliphatic carbocycles. The number of anilines is 1. The zero-order valence-corrected chi connectivity index (χ0v) is 16.3. The summed E-state index contributed by atoms with van der Waals surface area (Å²) in [5.74, 6) is 0.674. The highest BCUT2D eigenvalue weighted by atomic mass is 16.1. The molecule has 2 aromatic heterocycles. The van der Waals surface area contributed by atoms with E-state index in [0.717, 1.165) is 28.0 Å². The van der Waals surface area contributed by atoms with Crippen LogP contribution in [0.3, 0.4) is 0 Å². The molecule has 6 nitrogen and oxygen atoms in total. The Bertz CT molecular complexity index is 1330. The Balaban J connectivity index is 1.39. The third kappa shape index (κ3) is 3.14. The number of nitrogens with zero attached hydrogens (tertiary/aromatic N) is 3. The summed E-state index contributed by atoms with van der Waals surface area (Å²) in [5, 5.41) is 9.91. The minimum Gasteiger partial charge on any atom is -0.327 e. The van der Waals surface area contributed by atoms with E-state index in [-0.39, 0.29) is 5.91 Å². The summed E-state index contributed by atoms with van der Waals surface area (Å²) in [4.78, 5) is 17.5. The second-order valence-corrected chi connectivity index (χ2v) is 7.04. The van der Waals surface area contributed by atoms with Gasteiger partial charge in [-0.05, 0) is 36.4 Å². The average molecular weight is 393 g/mol. The summed E-state index contributed by atoms with van der Waals surface area (Å²) in [7, 11) is 2.00. The standard InChI is InChI=1S/C24H19N5O/c1-29-21-10-6-5-9-20(21)27-23(29)17-11-13-18(14-12-17)26-24(30)19-15-25-28-22(19)16-7-3-2-4-8-16/h2-15H,1H3,(H,25,28)(H,26,30). The minimum absolute atomic E-state index is 0.210. The van der Waals surface area contributed by atoms with Crippen LogP contribution in [0.2, 0.25) is 0 Å². The van der Waals surface area contributed by atoms with Crippen molar-refractivity contribution in [1.82, 2.24) is 19.7 Å². The Morgan fingerprint density at radius 1 is 0.900 bits per heavy atom. The molecule has 3 aromatic carbocycles. The van der Waals surface area contributed by atoms with Crippen molar-refractivity contribution in [2.45, 2.75) is 0 Å². The fourth-order valence-corrected chi connectivity index (χ4v) is 3.59. The van der Waals surface area contributed by atoms with E-state index in [0.29, 0.717) is 16.9 Å². The average Bonchev–Trinajstić information content (AvgIpc) is 3.41. The molecular weight excluding hydrogens is 374 g/mol. The number of carbonyl (C=O) groups is 1. The largest absolute Gasteiger partial charge is 0.327 e. The van der Waals surface area contributed by atoms with Crippen molar-refractivity contribution < 1.29 is 4.79 Å². The zero-order valence-electron chi connectivity index (χ0n) is 16.3. The van der Waals surface area contributed by atoms with Crippen LogP contribution in [-0.4, -0.2) is 25.7 Å². The van der Waals surface area contributed by atoms with Gasteiger partial charge in [0.1, 0.15) is 5.82 Å². The predicted molar refractivity (Wildman–Crippen MR) is 118 cm³/mol. The molecular formula is C24H19N5O. The number of fused-ring (bicyclic) bond motifs is 1. The second-order valence-electron chi connectivity index (χ2n) is 7.04. The number of imidazole rings is 1. The summed E-state index contributed by atoms with van der Waals surface area (Å²) < 4.78 is 2.07. The number of aromatic amines is 1. The van der Waals surface area contributed by atoms with Gasteiger partial charge in [-0.15, -0.1) is 0 Å². The number of benzene rings is 3. The van der Waals surface area contributed by atoms with Gasteiger partial charge in [0, 0.05) is 23.9 Å². The smallest absolute Gasteiger partial charge is 0.259 e. The molecule has 0 unspecified atom stereocenters. The Morgan fingerprint density at radius 2 is 1.63 bits per heavy atom. The molecule has 2 N–H and O–H groups in total. The summed E-state index contributed by atoms with van der Waals surface area (Å²) in [5.41, 5.74) is 5.85. The maximum Gasteiger partial charge on any atom is 0.259 e. The Hall–Kier alpha value is -4.19. The molecule has 30 heavy (non-hydrogen) atoms. The Labute approximate surface area is 173 Å². The quantitative estimate of drug-likeness (QED) is 0.457. The second kappa shape index (κ2) is 7.33. The molecule has 1 amide bonds. The fraction of sp³-hybridized carbons (Fsp3) is 0.0417. The van der Waals surface area contributed by atoms with Gasteiger partial charge in [0.25, 0.3) is 5.91 Å². The van der Waals surface area contributed by atoms with Crippen LogP contribution in [-0.2, 0) is 7.05 Å². The molecule has 0 radical (unpaired) electrons. The zero-order chi connectivity index (χ0) is 20.5. The molecule has 146 valence electrons. The van der Waals surface area contributed by atoms with Gasteiger partial charge in [-0.25, -0.2) is 4.98 Å². The van der Waals surface area contributed by atoms with Gasteiger partial charge >= 0.3 is 0 Å². The Morgan fingerprint density at radius 3 is 2.40 bits per heavy atom. The third-order valence-corrected chi connectivity index (χ3v) is 5.13. The van der Waals surface area contributed by atoms with E-state index in [2.05, 4.69) is 26.1 Å². The molecule has 0 bridgehead atoms. The number of nitrogens with one attached hydrogen (secondary N) is 2. The molecule has 0 aliphatic heterocycles. The lowest BCUT2D eigenvalue weighted by atomic mass is 10.1. The topological polar surface area (TPSA) is 75.6 Å². The van der Waals surface area contributed by atoms with Crippen molar-refractivity contribution in [1.29, 1.82) is 0 Å². The van der Waals surface area contributed by atoms with E-state index in [1.54, 1.807) is 6.20 Å². The van der Waals surface area contributed by atoms with Crippen LogP contribution in [0.25, 0.3) is 33.7 Å². The summed E-state index contributed by atoms with van der Waals surface area (Å²) >= 11 is 0. The first-order valence-electron chi connectivity index (χ1n) is 9.63. The van der Waals surface area contributed by atoms with E-state index < -0.39 is 0 Å². The van der Waals surface area contributed by atoms with Crippen molar-refractivity contribution in [3.8, 4) is 22.6 Å². The predicted octanol–water partition coefficient (Wildman–Crippen LogP) is 4.88. The number of para-hydroxylation sites is 2. The normalized spacial score (nSPS) is 11.0. The van der Waals surface area contributed by atoms with Crippen LogP contribution in [0.4, 0.5) is 5.69 Å². The summed E-state index contributed by atoms with van der Waals surface area (Å²) in [6.07, 6.45) is 1.55. The van der Waals surface area contributed by atoms with Crippen LogP contribution in [0, 0.1) is 0 Å². The van der Waals surface area contributed by atoms with E-state index >= 15 is 0 Å². The first kappa shape index (κ1) is 17.9. The molecule has 0 saturated heterocycles. The van der Waals surface area contributed by atoms with E-state index in [4.69, 9.17) is 4.98 Å². The van der Waals surface area contributed by atoms with Crippen LogP contribution in [0.1, 0.15) is 10.4 Å². The maximum absolute atomic E-state index is 12.8. The molecule has 2 heterocycles. The molecule has 0 aliphatic rings. The van der Waals surface area contributed by atoms with E-state index in [9.17, 15) is 4.79 Å². The lowest BCUT2D eigenvalue weighted by Gasteiger charge is -2.08. The lowest BCUT2D eigenvalue weighted by molar-refractivity contribution is 0.102.